The first-order chi connectivity index (χ1) is 17.2. The molecule has 1 saturated heterocycles. The van der Waals surface area contributed by atoms with Gasteiger partial charge in [0.1, 0.15) is 12.3 Å². The van der Waals surface area contributed by atoms with E-state index < -0.39 is 5.72 Å². The third-order valence-corrected chi connectivity index (χ3v) is 7.94. The summed E-state index contributed by atoms with van der Waals surface area (Å²) in [6.45, 7) is 11.2. The molecule has 3 rings (SSSR count). The van der Waals surface area contributed by atoms with Crippen LogP contribution in [-0.2, 0) is 20.9 Å². The Balaban J connectivity index is 1.78. The molecular weight excluding hydrogens is 452 g/mol. The summed E-state index contributed by atoms with van der Waals surface area (Å²) in [6.07, 6.45) is 9.20. The van der Waals surface area contributed by atoms with Gasteiger partial charge < -0.3 is 14.8 Å². The van der Waals surface area contributed by atoms with Crippen LogP contribution in [0.15, 0.2) is 30.3 Å². The maximum Gasteiger partial charge on any atom is 0.412 e. The fraction of sp³-hybridized carbons (Fsp3) is 0.733. The topological polar surface area (TPSA) is 67.9 Å². The van der Waals surface area contributed by atoms with E-state index >= 15 is 0 Å². The van der Waals surface area contributed by atoms with E-state index in [1.807, 2.05) is 49.1 Å². The van der Waals surface area contributed by atoms with E-state index in [1.165, 1.54) is 32.1 Å². The van der Waals surface area contributed by atoms with Crippen molar-refractivity contribution in [2.75, 3.05) is 6.54 Å². The maximum absolute atomic E-state index is 13.5. The minimum atomic E-state index is -0.794. The number of carbonyl (C=O) groups excluding carboxylic acids is 2. The van der Waals surface area contributed by atoms with Crippen molar-refractivity contribution in [2.45, 2.75) is 117 Å². The number of hydrogen-bond donors (Lipinski definition) is 1. The molecule has 6 heteroatoms. The highest BCUT2D eigenvalue weighted by Gasteiger charge is 2.52. The Hall–Kier alpha value is -2.08. The van der Waals surface area contributed by atoms with Crippen LogP contribution in [0, 0.1) is 17.8 Å². The predicted molar refractivity (Wildman–Crippen MR) is 143 cm³/mol. The lowest BCUT2D eigenvalue weighted by Crippen LogP contribution is -2.49. The number of nitrogens with one attached hydrogen (secondary N) is 1. The zero-order valence-electron chi connectivity index (χ0n) is 23.1. The highest BCUT2D eigenvalue weighted by atomic mass is 16.6. The van der Waals surface area contributed by atoms with Gasteiger partial charge in [0.15, 0.2) is 0 Å². The molecule has 202 valence electrons. The number of ether oxygens (including phenoxy) is 2. The largest absolute Gasteiger partial charge is 0.444 e. The summed E-state index contributed by atoms with van der Waals surface area (Å²) < 4.78 is 12.4. The zero-order valence-corrected chi connectivity index (χ0v) is 23.1. The van der Waals surface area contributed by atoms with Crippen LogP contribution in [-0.4, -0.2) is 41.3 Å². The van der Waals surface area contributed by atoms with Crippen molar-refractivity contribution >= 4 is 12.0 Å². The molecule has 1 aromatic carbocycles. The van der Waals surface area contributed by atoms with Gasteiger partial charge in [0.2, 0.25) is 5.91 Å². The van der Waals surface area contributed by atoms with Gasteiger partial charge in [-0.1, -0.05) is 89.6 Å². The molecule has 0 bridgehead atoms. The Labute approximate surface area is 218 Å². The Bertz CT molecular complexity index is 819. The molecule has 0 aromatic heterocycles. The van der Waals surface area contributed by atoms with Crippen LogP contribution in [0.2, 0.25) is 0 Å². The summed E-state index contributed by atoms with van der Waals surface area (Å²) in [5.41, 5.74) is 0.172. The SMILES string of the molecule is CCCCNC(=O)[C@H](C[C@@H]1OC(C)(C)N(C(=O)OCc2ccccc2)[C@H]1CC1CCCCC1)C(C)C. The van der Waals surface area contributed by atoms with E-state index in [0.717, 1.165) is 24.8 Å². The van der Waals surface area contributed by atoms with E-state index in [2.05, 4.69) is 26.1 Å². The van der Waals surface area contributed by atoms with Crippen molar-refractivity contribution in [1.82, 2.24) is 10.2 Å². The second-order valence-electron chi connectivity index (χ2n) is 11.6. The zero-order chi connectivity index (χ0) is 26.1. The summed E-state index contributed by atoms with van der Waals surface area (Å²) >= 11 is 0. The normalized spacial score (nSPS) is 23.0. The molecule has 2 fully saturated rings. The fourth-order valence-corrected chi connectivity index (χ4v) is 5.89. The van der Waals surface area contributed by atoms with Crippen LogP contribution in [0.3, 0.4) is 0 Å². The molecule has 0 unspecified atom stereocenters. The molecule has 0 radical (unpaired) electrons. The summed E-state index contributed by atoms with van der Waals surface area (Å²) in [6, 6.07) is 9.68. The summed E-state index contributed by atoms with van der Waals surface area (Å²) in [4.78, 5) is 28.4. The molecule has 1 aliphatic heterocycles. The quantitative estimate of drug-likeness (QED) is 0.344. The molecule has 2 amide bonds. The second kappa shape index (κ2) is 13.5. The lowest BCUT2D eigenvalue weighted by molar-refractivity contribution is -0.129. The van der Waals surface area contributed by atoms with Gasteiger partial charge in [0, 0.05) is 12.5 Å². The molecule has 1 N–H and O–H groups in total. The van der Waals surface area contributed by atoms with Crippen LogP contribution in [0.1, 0.15) is 98.0 Å². The second-order valence-corrected chi connectivity index (χ2v) is 11.6. The predicted octanol–water partition coefficient (Wildman–Crippen LogP) is 6.68. The van der Waals surface area contributed by atoms with Gasteiger partial charge in [-0.2, -0.15) is 0 Å². The molecule has 1 saturated carbocycles. The number of benzene rings is 1. The Morgan fingerprint density at radius 2 is 1.83 bits per heavy atom. The summed E-state index contributed by atoms with van der Waals surface area (Å²) in [5.74, 6) is 0.704. The van der Waals surface area contributed by atoms with Crippen LogP contribution in [0.5, 0.6) is 0 Å². The first-order valence-electron chi connectivity index (χ1n) is 14.2. The van der Waals surface area contributed by atoms with Gasteiger partial charge in [-0.25, -0.2) is 4.79 Å². The Morgan fingerprint density at radius 1 is 1.14 bits per heavy atom. The monoisotopic (exact) mass is 500 g/mol. The van der Waals surface area contributed by atoms with Gasteiger partial charge >= 0.3 is 6.09 Å². The lowest BCUT2D eigenvalue weighted by atomic mass is 9.81. The van der Waals surface area contributed by atoms with Crippen LogP contribution < -0.4 is 5.32 Å². The standard InChI is InChI=1S/C30H48N2O4/c1-6-7-18-31-28(33)25(22(2)3)20-27-26(19-23-14-10-8-11-15-23)32(30(4,5)36-27)29(34)35-21-24-16-12-9-13-17-24/h9,12-13,16-17,22-23,25-27H,6-8,10-11,14-15,18-21H2,1-5H3,(H,31,33)/t25-,26+,27+/m1/s1. The van der Waals surface area contributed by atoms with Gasteiger partial charge in [0.05, 0.1) is 12.1 Å². The first-order valence-corrected chi connectivity index (χ1v) is 14.2. The molecule has 1 aliphatic carbocycles. The molecule has 6 nitrogen and oxygen atoms in total. The first kappa shape index (κ1) is 28.5. The number of hydrogen-bond acceptors (Lipinski definition) is 4. The molecule has 3 atom stereocenters. The molecule has 2 aliphatic rings. The average molecular weight is 501 g/mol. The fourth-order valence-electron chi connectivity index (χ4n) is 5.89. The average Bonchev–Trinajstić information content (AvgIpc) is 3.11. The van der Waals surface area contributed by atoms with E-state index in [-0.39, 0.29) is 42.6 Å². The van der Waals surface area contributed by atoms with Gasteiger partial charge in [-0.05, 0) is 50.5 Å². The number of carbonyl (C=O) groups is 2. The van der Waals surface area contributed by atoms with E-state index in [0.29, 0.717) is 18.9 Å². The minimum Gasteiger partial charge on any atom is -0.444 e. The van der Waals surface area contributed by atoms with Crippen LogP contribution in [0.25, 0.3) is 0 Å². The van der Waals surface area contributed by atoms with Crippen LogP contribution >= 0.6 is 0 Å². The third-order valence-electron chi connectivity index (χ3n) is 7.94. The van der Waals surface area contributed by atoms with Gasteiger partial charge in [-0.15, -0.1) is 0 Å². The summed E-state index contributed by atoms with van der Waals surface area (Å²) in [5, 5.41) is 3.13. The van der Waals surface area contributed by atoms with Gasteiger partial charge in [0.25, 0.3) is 0 Å². The number of nitrogens with zero attached hydrogens (tertiary/aromatic N) is 1. The Kier molecular flexibility index (Phi) is 10.7. The van der Waals surface area contributed by atoms with Gasteiger partial charge in [-0.3, -0.25) is 9.69 Å². The minimum absolute atomic E-state index is 0.0985. The summed E-state index contributed by atoms with van der Waals surface area (Å²) in [7, 11) is 0. The van der Waals surface area contributed by atoms with E-state index in [4.69, 9.17) is 9.47 Å². The number of amides is 2. The molecule has 0 spiro atoms. The lowest BCUT2D eigenvalue weighted by Gasteiger charge is -2.35. The number of unbranched alkanes of at least 4 members (excludes halogenated alkanes) is 1. The van der Waals surface area contributed by atoms with Crippen molar-refractivity contribution in [1.29, 1.82) is 0 Å². The number of rotatable bonds is 11. The molecule has 1 heterocycles. The molecule has 36 heavy (non-hydrogen) atoms. The molecule has 1 aromatic rings. The highest BCUT2D eigenvalue weighted by Crippen LogP contribution is 2.41. The van der Waals surface area contributed by atoms with Crippen molar-refractivity contribution in [3.8, 4) is 0 Å². The van der Waals surface area contributed by atoms with E-state index in [9.17, 15) is 9.59 Å². The maximum atomic E-state index is 13.5. The van der Waals surface area contributed by atoms with Crippen molar-refractivity contribution in [3.05, 3.63) is 35.9 Å². The highest BCUT2D eigenvalue weighted by molar-refractivity contribution is 5.79. The van der Waals surface area contributed by atoms with Crippen molar-refractivity contribution in [2.24, 2.45) is 17.8 Å². The Morgan fingerprint density at radius 3 is 2.47 bits per heavy atom. The van der Waals surface area contributed by atoms with Crippen LogP contribution in [0.4, 0.5) is 4.79 Å². The van der Waals surface area contributed by atoms with Crippen molar-refractivity contribution in [3.63, 3.8) is 0 Å². The third kappa shape index (κ3) is 7.71. The molecular formula is C30H48N2O4. The smallest absolute Gasteiger partial charge is 0.412 e. The van der Waals surface area contributed by atoms with E-state index in [1.54, 1.807) is 0 Å². The van der Waals surface area contributed by atoms with Crippen molar-refractivity contribution < 1.29 is 19.1 Å².